The molecular weight excluding hydrogens is 346 g/mol. The van der Waals surface area contributed by atoms with Crippen molar-refractivity contribution in [2.24, 2.45) is 0 Å². The summed E-state index contributed by atoms with van der Waals surface area (Å²) in [6.07, 6.45) is 0. The summed E-state index contributed by atoms with van der Waals surface area (Å²) in [4.78, 5) is 11.2. The van der Waals surface area contributed by atoms with Crippen LogP contribution in [0.25, 0.3) is 0 Å². The Kier molecular flexibility index (Phi) is 5.37. The molecule has 0 aliphatic carbocycles. The highest BCUT2D eigenvalue weighted by atomic mass is 32.2. The molecule has 0 radical (unpaired) electrons. The molecule has 118 valence electrons. The van der Waals surface area contributed by atoms with Gasteiger partial charge in [0.1, 0.15) is 0 Å². The van der Waals surface area contributed by atoms with Crippen LogP contribution in [0.5, 0.6) is 0 Å². The van der Waals surface area contributed by atoms with Crippen LogP contribution in [-0.4, -0.2) is 37.4 Å². The number of carbonyl (C=O) groups excluding carboxylic acids is 1. The van der Waals surface area contributed by atoms with Crippen LogP contribution in [-0.2, 0) is 19.6 Å². The van der Waals surface area contributed by atoms with Crippen molar-refractivity contribution >= 4 is 44.2 Å². The number of nitrogens with one attached hydrogen (secondary N) is 1. The predicted octanol–water partition coefficient (Wildman–Crippen LogP) is 1.91. The van der Waals surface area contributed by atoms with Crippen molar-refractivity contribution in [3.8, 4) is 0 Å². The second kappa shape index (κ2) is 7.07. The van der Waals surface area contributed by atoms with Crippen LogP contribution in [0.1, 0.15) is 5.56 Å². The zero-order valence-electron chi connectivity index (χ0n) is 11.8. The van der Waals surface area contributed by atoms with Crippen LogP contribution in [0.4, 0.5) is 5.13 Å². The molecule has 0 aliphatic heterocycles. The topological polar surface area (TPSA) is 98.2 Å². The molecule has 0 fully saturated rings. The highest BCUT2D eigenvalue weighted by Gasteiger charge is 2.17. The van der Waals surface area contributed by atoms with Crippen molar-refractivity contribution in [1.82, 2.24) is 10.2 Å². The van der Waals surface area contributed by atoms with Crippen LogP contribution in [0.15, 0.2) is 33.5 Å². The maximum absolute atomic E-state index is 12.2. The number of hydrogen-bond donors (Lipinski definition) is 1. The Balaban J connectivity index is 2.05. The van der Waals surface area contributed by atoms with Gasteiger partial charge < -0.3 is 4.74 Å². The molecule has 2 rings (SSSR count). The Morgan fingerprint density at radius 1 is 1.32 bits per heavy atom. The lowest BCUT2D eigenvalue weighted by Gasteiger charge is -2.04. The standard InChI is InChI=1S/C12H13N3O4S3/c1-8-3-5-9(6-4-8)22(17,18)15-11-13-14-12(21-11)20-7-10(16)19-2/h3-6H,7H2,1-2H3,(H,13,15). The SMILES string of the molecule is COC(=O)CSc1nnc(NS(=O)(=O)c2ccc(C)cc2)s1. The summed E-state index contributed by atoms with van der Waals surface area (Å²) >= 11 is 2.19. The van der Waals surface area contributed by atoms with Crippen molar-refractivity contribution in [2.45, 2.75) is 16.2 Å². The zero-order valence-corrected chi connectivity index (χ0v) is 14.2. The monoisotopic (exact) mass is 359 g/mol. The third-order valence-corrected chi connectivity index (χ3v) is 5.93. The fraction of sp³-hybridized carbons (Fsp3) is 0.250. The van der Waals surface area contributed by atoms with Crippen LogP contribution in [0, 0.1) is 6.92 Å². The maximum atomic E-state index is 12.2. The number of aryl methyl sites for hydroxylation is 1. The fourth-order valence-electron chi connectivity index (χ4n) is 1.38. The predicted molar refractivity (Wildman–Crippen MR) is 84.6 cm³/mol. The Labute approximate surface area is 136 Å². The minimum Gasteiger partial charge on any atom is -0.468 e. The Hall–Kier alpha value is -1.65. The summed E-state index contributed by atoms with van der Waals surface area (Å²) in [7, 11) is -2.40. The first kappa shape index (κ1) is 16.7. The summed E-state index contributed by atoms with van der Waals surface area (Å²) < 4.78 is 31.7. The van der Waals surface area contributed by atoms with Gasteiger partial charge in [-0.3, -0.25) is 9.52 Å². The van der Waals surface area contributed by atoms with E-state index in [-0.39, 0.29) is 21.7 Å². The highest BCUT2D eigenvalue weighted by Crippen LogP contribution is 2.27. The van der Waals surface area contributed by atoms with Gasteiger partial charge in [-0.25, -0.2) is 8.42 Å². The average molecular weight is 359 g/mol. The Bertz CT molecular complexity index is 756. The number of aromatic nitrogens is 2. The molecule has 0 aliphatic rings. The molecule has 1 aromatic heterocycles. The van der Waals surface area contributed by atoms with E-state index in [4.69, 9.17) is 0 Å². The number of benzene rings is 1. The first-order valence-corrected chi connectivity index (χ1v) is 9.32. The van der Waals surface area contributed by atoms with Crippen molar-refractivity contribution in [1.29, 1.82) is 0 Å². The van der Waals surface area contributed by atoms with E-state index in [1.165, 1.54) is 19.2 Å². The van der Waals surface area contributed by atoms with Gasteiger partial charge in [0.2, 0.25) is 5.13 Å². The molecular formula is C12H13N3O4S3. The maximum Gasteiger partial charge on any atom is 0.316 e. The number of ether oxygens (including phenoxy) is 1. The van der Waals surface area contributed by atoms with E-state index in [1.807, 2.05) is 6.92 Å². The van der Waals surface area contributed by atoms with E-state index < -0.39 is 10.0 Å². The van der Waals surface area contributed by atoms with E-state index in [2.05, 4.69) is 19.7 Å². The van der Waals surface area contributed by atoms with Gasteiger partial charge in [0.15, 0.2) is 4.34 Å². The van der Waals surface area contributed by atoms with E-state index in [0.717, 1.165) is 28.7 Å². The summed E-state index contributed by atoms with van der Waals surface area (Å²) in [6, 6.07) is 6.47. The van der Waals surface area contributed by atoms with Gasteiger partial charge >= 0.3 is 5.97 Å². The number of rotatable bonds is 6. The van der Waals surface area contributed by atoms with E-state index >= 15 is 0 Å². The Morgan fingerprint density at radius 3 is 2.64 bits per heavy atom. The normalized spacial score (nSPS) is 11.2. The molecule has 0 saturated heterocycles. The van der Waals surface area contributed by atoms with E-state index in [1.54, 1.807) is 12.1 Å². The van der Waals surface area contributed by atoms with Gasteiger partial charge in [-0.05, 0) is 19.1 Å². The third-order valence-electron chi connectivity index (χ3n) is 2.50. The van der Waals surface area contributed by atoms with Crippen molar-refractivity contribution < 1.29 is 17.9 Å². The van der Waals surface area contributed by atoms with Gasteiger partial charge in [-0.2, -0.15) is 0 Å². The molecule has 22 heavy (non-hydrogen) atoms. The number of sulfonamides is 1. The molecule has 1 aromatic carbocycles. The molecule has 0 amide bonds. The minimum absolute atomic E-state index is 0.0931. The fourth-order valence-corrected chi connectivity index (χ4v) is 4.19. The number of hydrogen-bond acceptors (Lipinski definition) is 8. The molecule has 0 saturated carbocycles. The number of carbonyl (C=O) groups is 1. The quantitative estimate of drug-likeness (QED) is 0.621. The summed E-state index contributed by atoms with van der Waals surface area (Å²) in [6.45, 7) is 1.87. The van der Waals surface area contributed by atoms with Crippen LogP contribution >= 0.6 is 23.1 Å². The first-order valence-electron chi connectivity index (χ1n) is 6.03. The van der Waals surface area contributed by atoms with Gasteiger partial charge in [0.25, 0.3) is 10.0 Å². The summed E-state index contributed by atoms with van der Waals surface area (Å²) in [5.74, 6) is -0.294. The Morgan fingerprint density at radius 2 is 2.00 bits per heavy atom. The van der Waals surface area contributed by atoms with E-state index in [9.17, 15) is 13.2 Å². The minimum atomic E-state index is -3.70. The van der Waals surface area contributed by atoms with Gasteiger partial charge in [0.05, 0.1) is 17.8 Å². The summed E-state index contributed by atoms with van der Waals surface area (Å²) in [5.41, 5.74) is 0.969. The average Bonchev–Trinajstić information content (AvgIpc) is 2.92. The summed E-state index contributed by atoms with van der Waals surface area (Å²) in [5, 5.41) is 7.71. The van der Waals surface area contributed by atoms with Crippen LogP contribution in [0.2, 0.25) is 0 Å². The number of thioether (sulfide) groups is 1. The number of methoxy groups -OCH3 is 1. The lowest BCUT2D eigenvalue weighted by molar-refractivity contribution is -0.137. The smallest absolute Gasteiger partial charge is 0.316 e. The van der Waals surface area contributed by atoms with Gasteiger partial charge in [0, 0.05) is 0 Å². The van der Waals surface area contributed by atoms with Gasteiger partial charge in [-0.15, -0.1) is 10.2 Å². The second-order valence-corrected chi connectivity index (χ2v) is 8.04. The molecule has 0 bridgehead atoms. The molecule has 1 N–H and O–H groups in total. The van der Waals surface area contributed by atoms with Crippen molar-refractivity contribution in [3.63, 3.8) is 0 Å². The molecule has 7 nitrogen and oxygen atoms in total. The molecule has 2 aromatic rings. The number of anilines is 1. The zero-order chi connectivity index (χ0) is 16.2. The molecule has 0 unspecified atom stereocenters. The van der Waals surface area contributed by atoms with Crippen molar-refractivity contribution in [3.05, 3.63) is 29.8 Å². The van der Waals surface area contributed by atoms with Crippen molar-refractivity contribution in [2.75, 3.05) is 17.6 Å². The molecule has 10 heteroatoms. The highest BCUT2D eigenvalue weighted by molar-refractivity contribution is 8.01. The lowest BCUT2D eigenvalue weighted by atomic mass is 10.2. The van der Waals surface area contributed by atoms with E-state index in [0.29, 0.717) is 4.34 Å². The van der Waals surface area contributed by atoms with Crippen LogP contribution in [0.3, 0.4) is 0 Å². The largest absolute Gasteiger partial charge is 0.468 e. The second-order valence-electron chi connectivity index (χ2n) is 4.16. The molecule has 1 heterocycles. The lowest BCUT2D eigenvalue weighted by Crippen LogP contribution is -2.12. The van der Waals surface area contributed by atoms with Crippen LogP contribution < -0.4 is 4.72 Å². The van der Waals surface area contributed by atoms with Gasteiger partial charge in [-0.1, -0.05) is 40.8 Å². The third kappa shape index (κ3) is 4.42. The number of nitrogens with zero attached hydrogens (tertiary/aromatic N) is 2. The molecule has 0 spiro atoms. The first-order chi connectivity index (χ1) is 10.4. The molecule has 0 atom stereocenters. The number of esters is 1.